The monoisotopic (exact) mass is 334 g/mol. The number of aryl methyl sites for hydroxylation is 1. The van der Waals surface area contributed by atoms with Crippen LogP contribution in [0.2, 0.25) is 0 Å². The Hall–Kier alpha value is -2.12. The van der Waals surface area contributed by atoms with E-state index in [0.717, 1.165) is 23.3 Å². The number of sulfonamides is 1. The number of fused-ring (bicyclic) bond motifs is 1. The lowest BCUT2D eigenvalue weighted by Gasteiger charge is -2.08. The molecule has 0 aliphatic heterocycles. The largest absolute Gasteiger partial charge is 0.312 e. The first-order valence-electron chi connectivity index (χ1n) is 6.72. The molecule has 1 heterocycles. The van der Waals surface area contributed by atoms with Crippen LogP contribution < -0.4 is 9.60 Å². The number of hydrogen-bond donors (Lipinski definition) is 2. The Bertz CT molecular complexity index is 970. The van der Waals surface area contributed by atoms with Gasteiger partial charge in [0.2, 0.25) is 0 Å². The standard InChI is InChI=1S/C15H14N2O3S2/c1-2-10-3-5-11(6-4-10)17-22(19,20)12-7-8-13-14(9-12)21-15(18)16-13/h3-9,17H,2H2,1H3,(H,16,18). The normalized spacial score (nSPS) is 11.7. The number of aromatic amines is 1. The number of rotatable bonds is 4. The lowest BCUT2D eigenvalue weighted by molar-refractivity contribution is 0.601. The third-order valence-corrected chi connectivity index (χ3v) is 5.54. The Kier molecular flexibility index (Phi) is 3.76. The maximum absolute atomic E-state index is 12.4. The molecule has 114 valence electrons. The molecule has 0 amide bonds. The molecule has 5 nitrogen and oxygen atoms in total. The Morgan fingerprint density at radius 3 is 2.55 bits per heavy atom. The van der Waals surface area contributed by atoms with Crippen LogP contribution in [-0.4, -0.2) is 13.4 Å². The van der Waals surface area contributed by atoms with Crippen LogP contribution in [0, 0.1) is 0 Å². The van der Waals surface area contributed by atoms with Crippen molar-refractivity contribution < 1.29 is 8.42 Å². The minimum absolute atomic E-state index is 0.134. The van der Waals surface area contributed by atoms with E-state index in [1.54, 1.807) is 18.2 Å². The second-order valence-electron chi connectivity index (χ2n) is 4.83. The van der Waals surface area contributed by atoms with Gasteiger partial charge in [-0.25, -0.2) is 8.42 Å². The van der Waals surface area contributed by atoms with Crippen molar-refractivity contribution in [2.75, 3.05) is 4.72 Å². The van der Waals surface area contributed by atoms with Gasteiger partial charge >= 0.3 is 4.87 Å². The predicted molar refractivity (Wildman–Crippen MR) is 89.1 cm³/mol. The van der Waals surface area contributed by atoms with Gasteiger partial charge in [-0.3, -0.25) is 9.52 Å². The first-order chi connectivity index (χ1) is 10.5. The van der Waals surface area contributed by atoms with Gasteiger partial charge in [0.15, 0.2) is 0 Å². The van der Waals surface area contributed by atoms with E-state index >= 15 is 0 Å². The summed E-state index contributed by atoms with van der Waals surface area (Å²) in [6.07, 6.45) is 0.899. The van der Waals surface area contributed by atoms with E-state index in [2.05, 4.69) is 9.71 Å². The van der Waals surface area contributed by atoms with Crippen LogP contribution in [0.15, 0.2) is 52.2 Å². The molecule has 0 bridgehead atoms. The van der Waals surface area contributed by atoms with Crippen molar-refractivity contribution in [3.05, 3.63) is 57.7 Å². The lowest BCUT2D eigenvalue weighted by atomic mass is 10.2. The smallest absolute Gasteiger partial charge is 0.305 e. The highest BCUT2D eigenvalue weighted by atomic mass is 32.2. The number of thiazole rings is 1. The second kappa shape index (κ2) is 5.58. The molecule has 22 heavy (non-hydrogen) atoms. The first-order valence-corrected chi connectivity index (χ1v) is 9.02. The Labute approximate surface area is 131 Å². The zero-order chi connectivity index (χ0) is 15.7. The molecule has 0 atom stereocenters. The van der Waals surface area contributed by atoms with E-state index < -0.39 is 10.0 Å². The van der Waals surface area contributed by atoms with Gasteiger partial charge in [0.25, 0.3) is 10.0 Å². The fourth-order valence-electron chi connectivity index (χ4n) is 2.12. The molecule has 0 saturated heterocycles. The van der Waals surface area contributed by atoms with Gasteiger partial charge in [-0.15, -0.1) is 0 Å². The minimum Gasteiger partial charge on any atom is -0.312 e. The predicted octanol–water partition coefficient (Wildman–Crippen LogP) is 2.95. The van der Waals surface area contributed by atoms with Gasteiger partial charge in [0.05, 0.1) is 15.1 Å². The molecular weight excluding hydrogens is 320 g/mol. The van der Waals surface area contributed by atoms with Crippen LogP contribution in [0.3, 0.4) is 0 Å². The summed E-state index contributed by atoms with van der Waals surface area (Å²) in [5.41, 5.74) is 2.29. The number of aromatic nitrogens is 1. The molecule has 0 saturated carbocycles. The molecular formula is C15H14N2O3S2. The Morgan fingerprint density at radius 1 is 1.14 bits per heavy atom. The van der Waals surface area contributed by atoms with E-state index in [-0.39, 0.29) is 9.77 Å². The number of benzene rings is 2. The summed E-state index contributed by atoms with van der Waals surface area (Å²) in [6, 6.07) is 11.8. The number of anilines is 1. The SMILES string of the molecule is CCc1ccc(NS(=O)(=O)c2ccc3[nH]c(=O)sc3c2)cc1. The lowest BCUT2D eigenvalue weighted by Crippen LogP contribution is -2.12. The zero-order valence-electron chi connectivity index (χ0n) is 11.8. The summed E-state index contributed by atoms with van der Waals surface area (Å²) in [4.78, 5) is 13.9. The van der Waals surface area contributed by atoms with Gasteiger partial charge in [0.1, 0.15) is 0 Å². The highest BCUT2D eigenvalue weighted by Crippen LogP contribution is 2.22. The van der Waals surface area contributed by atoms with Crippen LogP contribution in [-0.2, 0) is 16.4 Å². The van der Waals surface area contributed by atoms with Gasteiger partial charge in [-0.05, 0) is 42.3 Å². The minimum atomic E-state index is -3.67. The molecule has 0 fully saturated rings. The number of H-pyrrole nitrogens is 1. The highest BCUT2D eigenvalue weighted by Gasteiger charge is 2.15. The summed E-state index contributed by atoms with van der Waals surface area (Å²) >= 11 is 0.990. The molecule has 0 unspecified atom stereocenters. The van der Waals surface area contributed by atoms with Crippen molar-refractivity contribution in [2.24, 2.45) is 0 Å². The van der Waals surface area contributed by atoms with Gasteiger partial charge < -0.3 is 4.98 Å². The van der Waals surface area contributed by atoms with Crippen LogP contribution in [0.1, 0.15) is 12.5 Å². The molecule has 7 heteroatoms. The number of nitrogens with one attached hydrogen (secondary N) is 2. The fourth-order valence-corrected chi connectivity index (χ4v) is 4.05. The summed E-state index contributed by atoms with van der Waals surface area (Å²) in [5, 5.41) is 0. The molecule has 2 N–H and O–H groups in total. The average molecular weight is 334 g/mol. The molecule has 0 radical (unpaired) electrons. The average Bonchev–Trinajstić information content (AvgIpc) is 2.86. The summed E-state index contributed by atoms with van der Waals surface area (Å²) < 4.78 is 28.0. The quantitative estimate of drug-likeness (QED) is 0.770. The highest BCUT2D eigenvalue weighted by molar-refractivity contribution is 7.92. The third-order valence-electron chi connectivity index (χ3n) is 3.32. The molecule has 0 aliphatic rings. The van der Waals surface area contributed by atoms with Gasteiger partial charge in [-0.1, -0.05) is 30.4 Å². The fraction of sp³-hybridized carbons (Fsp3) is 0.133. The van der Waals surface area contributed by atoms with E-state index in [1.165, 1.54) is 12.1 Å². The third kappa shape index (κ3) is 2.90. The van der Waals surface area contributed by atoms with Crippen molar-refractivity contribution in [2.45, 2.75) is 18.2 Å². The van der Waals surface area contributed by atoms with Crippen molar-refractivity contribution in [3.63, 3.8) is 0 Å². The number of hydrogen-bond acceptors (Lipinski definition) is 4. The van der Waals surface area contributed by atoms with E-state index in [9.17, 15) is 13.2 Å². The molecule has 3 aromatic rings. The van der Waals surface area contributed by atoms with Crippen molar-refractivity contribution >= 4 is 37.3 Å². The summed E-state index contributed by atoms with van der Waals surface area (Å²) in [5.74, 6) is 0. The van der Waals surface area contributed by atoms with Gasteiger partial charge in [0, 0.05) is 5.69 Å². The topological polar surface area (TPSA) is 79.0 Å². The van der Waals surface area contributed by atoms with Crippen LogP contribution in [0.5, 0.6) is 0 Å². The molecule has 1 aromatic heterocycles. The van der Waals surface area contributed by atoms with Crippen LogP contribution in [0.4, 0.5) is 5.69 Å². The van der Waals surface area contributed by atoms with Gasteiger partial charge in [-0.2, -0.15) is 0 Å². The zero-order valence-corrected chi connectivity index (χ0v) is 13.4. The summed E-state index contributed by atoms with van der Waals surface area (Å²) in [7, 11) is -3.67. The van der Waals surface area contributed by atoms with E-state index in [0.29, 0.717) is 15.9 Å². The maximum Gasteiger partial charge on any atom is 0.305 e. The van der Waals surface area contributed by atoms with Crippen molar-refractivity contribution in [3.8, 4) is 0 Å². The molecule has 3 rings (SSSR count). The van der Waals surface area contributed by atoms with Crippen LogP contribution >= 0.6 is 11.3 Å². The second-order valence-corrected chi connectivity index (χ2v) is 7.53. The van der Waals surface area contributed by atoms with Crippen LogP contribution in [0.25, 0.3) is 10.2 Å². The molecule has 2 aromatic carbocycles. The van der Waals surface area contributed by atoms with E-state index in [4.69, 9.17) is 0 Å². The van der Waals surface area contributed by atoms with Crippen molar-refractivity contribution in [1.29, 1.82) is 0 Å². The Morgan fingerprint density at radius 2 is 1.86 bits per heavy atom. The summed E-state index contributed by atoms with van der Waals surface area (Å²) in [6.45, 7) is 2.04. The van der Waals surface area contributed by atoms with E-state index in [1.807, 2.05) is 19.1 Å². The first kappa shape index (κ1) is 14.8. The van der Waals surface area contributed by atoms with Crippen molar-refractivity contribution in [1.82, 2.24) is 4.98 Å². The maximum atomic E-state index is 12.4. The Balaban J connectivity index is 1.94. The molecule has 0 aliphatic carbocycles. The molecule has 0 spiro atoms.